The summed E-state index contributed by atoms with van der Waals surface area (Å²) in [6.45, 7) is 2.04. The normalized spacial score (nSPS) is 17.8. The number of rotatable bonds is 23. The third kappa shape index (κ3) is 18.5. The zero-order valence-electron chi connectivity index (χ0n) is 24.0. The summed E-state index contributed by atoms with van der Waals surface area (Å²) in [5, 5.41) is 23.6. The summed E-state index contributed by atoms with van der Waals surface area (Å²) in [6.07, 6.45) is 17.5. The Morgan fingerprint density at radius 1 is 0.692 bits per heavy atom. The maximum atomic E-state index is 12.5. The molecule has 0 aromatic rings. The number of amides is 2. The molecule has 0 spiro atoms. The third-order valence-corrected chi connectivity index (χ3v) is 7.75. The van der Waals surface area contributed by atoms with E-state index in [0.717, 1.165) is 51.4 Å². The Morgan fingerprint density at radius 2 is 1.18 bits per heavy atom. The van der Waals surface area contributed by atoms with E-state index in [1.807, 2.05) is 0 Å². The second kappa shape index (κ2) is 21.4. The molecule has 39 heavy (non-hydrogen) atoms. The molecule has 224 valence electrons. The summed E-state index contributed by atoms with van der Waals surface area (Å²) in [5.74, 6) is -1.95. The van der Waals surface area contributed by atoms with Crippen LogP contribution in [0.2, 0.25) is 0 Å². The first-order valence-corrected chi connectivity index (χ1v) is 15.2. The van der Waals surface area contributed by atoms with Crippen molar-refractivity contribution in [3.05, 3.63) is 0 Å². The Kier molecular flexibility index (Phi) is 19.0. The van der Waals surface area contributed by atoms with E-state index in [9.17, 15) is 29.1 Å². The van der Waals surface area contributed by atoms with Crippen molar-refractivity contribution in [2.75, 3.05) is 6.54 Å². The number of Topliss-reactive ketones (excluding diaryl/α,β-unsaturated/α-hetero) is 1. The maximum Gasteiger partial charge on any atom is 0.326 e. The average Bonchev–Trinajstić information content (AvgIpc) is 2.89. The fraction of sp³-hybridized carbons (Fsp3) is 0.833. The van der Waals surface area contributed by atoms with Crippen LogP contribution in [-0.2, 0) is 24.0 Å². The maximum absolute atomic E-state index is 12.5. The van der Waals surface area contributed by atoms with Crippen molar-refractivity contribution in [2.24, 2.45) is 11.8 Å². The van der Waals surface area contributed by atoms with Crippen molar-refractivity contribution in [1.29, 1.82) is 0 Å². The summed E-state index contributed by atoms with van der Waals surface area (Å²) in [6, 6.07) is -1.03. The van der Waals surface area contributed by atoms with Gasteiger partial charge < -0.3 is 25.6 Å². The highest BCUT2D eigenvalue weighted by Crippen LogP contribution is 2.28. The fourth-order valence-electron chi connectivity index (χ4n) is 5.20. The van der Waals surface area contributed by atoms with Gasteiger partial charge in [0.1, 0.15) is 11.8 Å². The summed E-state index contributed by atoms with van der Waals surface area (Å²) in [4.78, 5) is 57.7. The lowest BCUT2D eigenvalue weighted by Crippen LogP contribution is -2.44. The Labute approximate surface area is 234 Å². The van der Waals surface area contributed by atoms with Crippen LogP contribution in [0.3, 0.4) is 0 Å². The number of hydrogen-bond donors (Lipinski definition) is 4. The average molecular weight is 553 g/mol. The first-order chi connectivity index (χ1) is 18.7. The number of carbonyl (C=O) groups excluding carboxylic acids is 3. The molecule has 1 aliphatic carbocycles. The fourth-order valence-corrected chi connectivity index (χ4v) is 5.20. The summed E-state index contributed by atoms with van der Waals surface area (Å²) < 4.78 is 0. The van der Waals surface area contributed by atoms with Crippen LogP contribution in [0.1, 0.15) is 135 Å². The molecule has 2 amide bonds. The first-order valence-electron chi connectivity index (χ1n) is 15.2. The largest absolute Gasteiger partial charge is 0.481 e. The lowest BCUT2D eigenvalue weighted by Gasteiger charge is -2.28. The molecule has 1 fully saturated rings. The van der Waals surface area contributed by atoms with Crippen molar-refractivity contribution in [3.8, 4) is 0 Å². The molecule has 4 N–H and O–H groups in total. The van der Waals surface area contributed by atoms with Crippen molar-refractivity contribution in [2.45, 2.75) is 141 Å². The number of aliphatic carboxylic acids is 2. The van der Waals surface area contributed by atoms with Gasteiger partial charge >= 0.3 is 11.9 Å². The van der Waals surface area contributed by atoms with Crippen molar-refractivity contribution >= 4 is 29.5 Å². The number of nitrogens with one attached hydrogen (secondary N) is 2. The second-order valence-electron chi connectivity index (χ2n) is 11.3. The molecule has 9 nitrogen and oxygen atoms in total. The summed E-state index contributed by atoms with van der Waals surface area (Å²) >= 11 is 0. The molecule has 0 aliphatic heterocycles. The highest BCUT2D eigenvalue weighted by molar-refractivity contribution is 5.85. The van der Waals surface area contributed by atoms with E-state index in [4.69, 9.17) is 5.11 Å². The quantitative estimate of drug-likeness (QED) is 0.124. The molecule has 1 atom stereocenters. The van der Waals surface area contributed by atoms with Crippen LogP contribution in [0.5, 0.6) is 0 Å². The molecule has 0 unspecified atom stereocenters. The van der Waals surface area contributed by atoms with E-state index < -0.39 is 18.0 Å². The Hall–Kier alpha value is -2.45. The van der Waals surface area contributed by atoms with Gasteiger partial charge in [-0.25, -0.2) is 4.79 Å². The van der Waals surface area contributed by atoms with Crippen LogP contribution < -0.4 is 10.6 Å². The van der Waals surface area contributed by atoms with Crippen LogP contribution in [0, 0.1) is 11.8 Å². The predicted molar refractivity (Wildman–Crippen MR) is 150 cm³/mol. The van der Waals surface area contributed by atoms with Gasteiger partial charge in [0.2, 0.25) is 11.8 Å². The Morgan fingerprint density at radius 3 is 1.64 bits per heavy atom. The molecule has 0 radical (unpaired) electrons. The standard InChI is InChI=1S/C30H52N2O7/c1-23(33)16-21-26(30(38)39)32-29(37)25-19-17-24(18-20-25)22-31-27(34)14-12-10-8-6-4-2-3-5-7-9-11-13-15-28(35)36/h24-26H,2-22H2,1H3,(H,31,34)(H,32,37)(H,35,36)(H,38,39)/t24-,25-,26-/m0/s1. The van der Waals surface area contributed by atoms with Crippen LogP contribution in [0.25, 0.3) is 0 Å². The highest BCUT2D eigenvalue weighted by atomic mass is 16.4. The lowest BCUT2D eigenvalue weighted by atomic mass is 9.81. The van der Waals surface area contributed by atoms with Gasteiger partial charge in [0.05, 0.1) is 0 Å². The molecule has 0 bridgehead atoms. The lowest BCUT2D eigenvalue weighted by molar-refractivity contribution is -0.143. The van der Waals surface area contributed by atoms with Gasteiger partial charge in [0.15, 0.2) is 0 Å². The molecule has 1 aliphatic rings. The van der Waals surface area contributed by atoms with Crippen LogP contribution >= 0.6 is 0 Å². The van der Waals surface area contributed by atoms with Gasteiger partial charge in [0.25, 0.3) is 0 Å². The van der Waals surface area contributed by atoms with Crippen molar-refractivity contribution < 1.29 is 34.2 Å². The predicted octanol–water partition coefficient (Wildman–Crippen LogP) is 5.39. The van der Waals surface area contributed by atoms with Crippen molar-refractivity contribution in [1.82, 2.24) is 10.6 Å². The molecule has 1 rings (SSSR count). The van der Waals surface area contributed by atoms with E-state index in [1.54, 1.807) is 0 Å². The van der Waals surface area contributed by atoms with Crippen LogP contribution in [-0.4, -0.2) is 52.3 Å². The molecule has 0 heterocycles. The van der Waals surface area contributed by atoms with E-state index >= 15 is 0 Å². The molecular weight excluding hydrogens is 500 g/mol. The van der Waals surface area contributed by atoms with E-state index in [2.05, 4.69) is 10.6 Å². The SMILES string of the molecule is CC(=O)CC[C@H](NC(=O)[C@H]1CC[C@H](CNC(=O)CCCCCCCCCCCCCCC(=O)O)CC1)C(=O)O. The first kappa shape index (κ1) is 34.6. The summed E-state index contributed by atoms with van der Waals surface area (Å²) in [7, 11) is 0. The zero-order chi connectivity index (χ0) is 28.9. The highest BCUT2D eigenvalue weighted by Gasteiger charge is 2.29. The van der Waals surface area contributed by atoms with Crippen LogP contribution in [0.15, 0.2) is 0 Å². The minimum atomic E-state index is -1.12. The molecule has 0 aromatic carbocycles. The molecule has 9 heteroatoms. The molecular formula is C30H52N2O7. The van der Waals surface area contributed by atoms with Gasteiger partial charge in [-0.3, -0.25) is 14.4 Å². The number of ketones is 1. The Bertz CT molecular complexity index is 748. The minimum absolute atomic E-state index is 0.0907. The monoisotopic (exact) mass is 552 g/mol. The number of hydrogen-bond acceptors (Lipinski definition) is 5. The smallest absolute Gasteiger partial charge is 0.326 e. The number of carbonyl (C=O) groups is 5. The van der Waals surface area contributed by atoms with Gasteiger partial charge in [0, 0.05) is 31.7 Å². The number of carboxylic acid groups (broad SMARTS) is 2. The number of unbranched alkanes of at least 4 members (excludes halogenated alkanes) is 11. The zero-order valence-corrected chi connectivity index (χ0v) is 24.0. The molecule has 1 saturated carbocycles. The number of carboxylic acids is 2. The Balaban J connectivity index is 2.00. The van der Waals surface area contributed by atoms with Crippen molar-refractivity contribution in [3.63, 3.8) is 0 Å². The second-order valence-corrected chi connectivity index (χ2v) is 11.3. The van der Waals surface area contributed by atoms with Crippen LogP contribution in [0.4, 0.5) is 0 Å². The topological polar surface area (TPSA) is 150 Å². The van der Waals surface area contributed by atoms with Gasteiger partial charge in [-0.15, -0.1) is 0 Å². The summed E-state index contributed by atoms with van der Waals surface area (Å²) in [5.41, 5.74) is 0. The van der Waals surface area contributed by atoms with E-state index in [1.165, 1.54) is 45.4 Å². The van der Waals surface area contributed by atoms with Gasteiger partial charge in [-0.1, -0.05) is 64.2 Å². The minimum Gasteiger partial charge on any atom is -0.481 e. The van der Waals surface area contributed by atoms with E-state index in [0.29, 0.717) is 31.7 Å². The molecule has 0 aromatic heterocycles. The van der Waals surface area contributed by atoms with Gasteiger partial charge in [-0.05, 0) is 57.8 Å². The van der Waals surface area contributed by atoms with Gasteiger partial charge in [-0.2, -0.15) is 0 Å². The molecule has 0 saturated heterocycles. The third-order valence-electron chi connectivity index (χ3n) is 7.75. The van der Waals surface area contributed by atoms with E-state index in [-0.39, 0.29) is 42.8 Å².